The minimum atomic E-state index is -0.476. The van der Waals surface area contributed by atoms with E-state index in [1.54, 1.807) is 0 Å². The summed E-state index contributed by atoms with van der Waals surface area (Å²) in [4.78, 5) is 23.0. The molecule has 0 unspecified atom stereocenters. The molecule has 1 aromatic heterocycles. The predicted molar refractivity (Wildman–Crippen MR) is 102 cm³/mol. The lowest BCUT2D eigenvalue weighted by molar-refractivity contribution is -0.384. The number of benzene rings is 1. The van der Waals surface area contributed by atoms with E-state index in [1.165, 1.54) is 61.1 Å². The van der Waals surface area contributed by atoms with Crippen molar-refractivity contribution in [2.45, 2.75) is 65.7 Å². The number of unbranched alkanes of at least 4 members (excludes halogenated alkanes) is 5. The summed E-state index contributed by atoms with van der Waals surface area (Å²) in [6.45, 7) is 6.05. The molecule has 0 saturated carbocycles. The van der Waals surface area contributed by atoms with Gasteiger partial charge in [-0.3, -0.25) is 14.9 Å². The van der Waals surface area contributed by atoms with Crippen LogP contribution in [-0.2, 0) is 6.42 Å². The second-order valence-corrected chi connectivity index (χ2v) is 6.69. The van der Waals surface area contributed by atoms with E-state index in [0.717, 1.165) is 29.8 Å². The van der Waals surface area contributed by atoms with Crippen molar-refractivity contribution >= 4 is 11.6 Å². The molecule has 2 aromatic rings. The van der Waals surface area contributed by atoms with E-state index in [4.69, 9.17) is 0 Å². The molecule has 0 saturated heterocycles. The lowest BCUT2D eigenvalue weighted by atomic mass is 10.0. The Balaban J connectivity index is 2.05. The van der Waals surface area contributed by atoms with Crippen LogP contribution in [0.5, 0.6) is 0 Å². The number of hydrogen-bond acceptors (Lipinski definition) is 4. The number of carbonyl (C=O) groups is 1. The number of rotatable bonds is 9. The molecule has 2 rings (SSSR count). The zero-order valence-corrected chi connectivity index (χ0v) is 15.8. The largest absolute Gasteiger partial charge is 0.278 e. The molecule has 0 aliphatic rings. The molecule has 26 heavy (non-hydrogen) atoms. The van der Waals surface area contributed by atoms with Crippen LogP contribution in [0.4, 0.5) is 5.69 Å². The van der Waals surface area contributed by atoms with E-state index >= 15 is 0 Å². The summed E-state index contributed by atoms with van der Waals surface area (Å²) < 4.78 is 1.42. The molecule has 6 nitrogen and oxygen atoms in total. The standard InChI is InChI=1S/C20H27N3O3/c1-4-5-6-7-8-9-10-19-15(2)21-22(16(19)3)20(24)17-11-13-18(14-12-17)23(25)26/h11-14H,4-10H2,1-3H3. The molecule has 0 bridgehead atoms. The second kappa shape index (κ2) is 9.27. The monoisotopic (exact) mass is 357 g/mol. The van der Waals surface area contributed by atoms with Crippen LogP contribution in [0.2, 0.25) is 0 Å². The Morgan fingerprint density at radius 1 is 1.08 bits per heavy atom. The van der Waals surface area contributed by atoms with Gasteiger partial charge in [0.25, 0.3) is 11.6 Å². The Kier molecular flexibility index (Phi) is 7.06. The first-order chi connectivity index (χ1) is 12.5. The smallest absolute Gasteiger partial charge is 0.267 e. The van der Waals surface area contributed by atoms with Gasteiger partial charge in [-0.25, -0.2) is 4.68 Å². The molecular formula is C20H27N3O3. The van der Waals surface area contributed by atoms with E-state index in [-0.39, 0.29) is 11.6 Å². The van der Waals surface area contributed by atoms with Gasteiger partial charge in [0.1, 0.15) is 0 Å². The number of nitrogens with zero attached hydrogens (tertiary/aromatic N) is 3. The van der Waals surface area contributed by atoms with Crippen LogP contribution in [0, 0.1) is 24.0 Å². The maximum absolute atomic E-state index is 12.7. The lowest BCUT2D eigenvalue weighted by Crippen LogP contribution is -2.15. The van der Waals surface area contributed by atoms with Crippen molar-refractivity contribution in [2.24, 2.45) is 0 Å². The van der Waals surface area contributed by atoms with Gasteiger partial charge in [-0.05, 0) is 44.4 Å². The fourth-order valence-corrected chi connectivity index (χ4v) is 3.16. The third-order valence-electron chi connectivity index (χ3n) is 4.74. The molecular weight excluding hydrogens is 330 g/mol. The highest BCUT2D eigenvalue weighted by molar-refractivity contribution is 5.96. The fraction of sp³-hybridized carbons (Fsp3) is 0.500. The van der Waals surface area contributed by atoms with Crippen molar-refractivity contribution in [1.29, 1.82) is 0 Å². The quantitative estimate of drug-likeness (QED) is 0.359. The summed E-state index contributed by atoms with van der Waals surface area (Å²) in [5.74, 6) is -0.255. The summed E-state index contributed by atoms with van der Waals surface area (Å²) in [6.07, 6.45) is 8.30. The molecule has 0 radical (unpaired) electrons. The molecule has 1 heterocycles. The minimum Gasteiger partial charge on any atom is -0.267 e. The average Bonchev–Trinajstić information content (AvgIpc) is 2.92. The van der Waals surface area contributed by atoms with E-state index in [9.17, 15) is 14.9 Å². The van der Waals surface area contributed by atoms with Crippen molar-refractivity contribution in [3.63, 3.8) is 0 Å². The SMILES string of the molecule is CCCCCCCCc1c(C)nn(C(=O)c2ccc([N+](=O)[O-])cc2)c1C. The van der Waals surface area contributed by atoms with Gasteiger partial charge in [0.05, 0.1) is 10.6 Å². The maximum atomic E-state index is 12.7. The Hall–Kier alpha value is -2.50. The molecule has 0 amide bonds. The van der Waals surface area contributed by atoms with Crippen molar-refractivity contribution in [3.8, 4) is 0 Å². The van der Waals surface area contributed by atoms with Gasteiger partial charge < -0.3 is 0 Å². The molecule has 6 heteroatoms. The molecule has 0 fully saturated rings. The fourth-order valence-electron chi connectivity index (χ4n) is 3.16. The summed E-state index contributed by atoms with van der Waals surface area (Å²) >= 11 is 0. The van der Waals surface area contributed by atoms with Crippen LogP contribution in [0.1, 0.15) is 72.8 Å². The topological polar surface area (TPSA) is 78.0 Å². The van der Waals surface area contributed by atoms with E-state index < -0.39 is 4.92 Å². The number of aromatic nitrogens is 2. The highest BCUT2D eigenvalue weighted by Crippen LogP contribution is 2.19. The first kappa shape index (κ1) is 19.8. The van der Waals surface area contributed by atoms with Crippen LogP contribution in [0.3, 0.4) is 0 Å². The number of nitro groups is 1. The third kappa shape index (κ3) is 4.77. The van der Waals surface area contributed by atoms with Gasteiger partial charge in [-0.1, -0.05) is 39.0 Å². The Morgan fingerprint density at radius 3 is 2.31 bits per heavy atom. The number of hydrogen-bond donors (Lipinski definition) is 0. The van der Waals surface area contributed by atoms with Crippen molar-refractivity contribution in [2.75, 3.05) is 0 Å². The summed E-state index contributed by atoms with van der Waals surface area (Å²) in [6, 6.07) is 5.64. The van der Waals surface area contributed by atoms with E-state index in [0.29, 0.717) is 5.56 Å². The van der Waals surface area contributed by atoms with Crippen LogP contribution in [0.25, 0.3) is 0 Å². The van der Waals surface area contributed by atoms with Crippen molar-refractivity contribution in [3.05, 3.63) is 56.9 Å². The normalized spacial score (nSPS) is 10.9. The van der Waals surface area contributed by atoms with Crippen LogP contribution >= 0.6 is 0 Å². The lowest BCUT2D eigenvalue weighted by Gasteiger charge is -2.05. The number of carbonyl (C=O) groups excluding carboxylic acids is 1. The molecule has 0 aliphatic carbocycles. The van der Waals surface area contributed by atoms with E-state index in [2.05, 4.69) is 12.0 Å². The Morgan fingerprint density at radius 2 is 1.69 bits per heavy atom. The van der Waals surface area contributed by atoms with Gasteiger partial charge in [-0.2, -0.15) is 5.10 Å². The van der Waals surface area contributed by atoms with Gasteiger partial charge in [-0.15, -0.1) is 0 Å². The van der Waals surface area contributed by atoms with Crippen LogP contribution in [-0.4, -0.2) is 20.6 Å². The van der Waals surface area contributed by atoms with Crippen LogP contribution in [0.15, 0.2) is 24.3 Å². The molecule has 0 N–H and O–H groups in total. The molecule has 1 aromatic carbocycles. The van der Waals surface area contributed by atoms with Gasteiger partial charge >= 0.3 is 0 Å². The highest BCUT2D eigenvalue weighted by Gasteiger charge is 2.18. The zero-order chi connectivity index (χ0) is 19.1. The highest BCUT2D eigenvalue weighted by atomic mass is 16.6. The Labute approximate surface area is 154 Å². The average molecular weight is 357 g/mol. The number of aryl methyl sites for hydroxylation is 1. The van der Waals surface area contributed by atoms with Gasteiger partial charge in [0, 0.05) is 23.4 Å². The van der Waals surface area contributed by atoms with E-state index in [1.807, 2.05) is 13.8 Å². The summed E-state index contributed by atoms with van der Waals surface area (Å²) in [5, 5.41) is 15.1. The summed E-state index contributed by atoms with van der Waals surface area (Å²) in [5.41, 5.74) is 3.24. The third-order valence-corrected chi connectivity index (χ3v) is 4.74. The predicted octanol–water partition coefficient (Wildman–Crippen LogP) is 5.00. The van der Waals surface area contributed by atoms with Gasteiger partial charge in [0.15, 0.2) is 0 Å². The molecule has 0 spiro atoms. The number of non-ortho nitro benzene ring substituents is 1. The van der Waals surface area contributed by atoms with Gasteiger partial charge in [0.2, 0.25) is 0 Å². The minimum absolute atomic E-state index is 0.0290. The van der Waals surface area contributed by atoms with Crippen molar-refractivity contribution < 1.29 is 9.72 Å². The molecule has 0 atom stereocenters. The van der Waals surface area contributed by atoms with Crippen LogP contribution < -0.4 is 0 Å². The maximum Gasteiger partial charge on any atom is 0.278 e. The number of nitro benzene ring substituents is 1. The van der Waals surface area contributed by atoms with Crippen molar-refractivity contribution in [1.82, 2.24) is 9.78 Å². The summed E-state index contributed by atoms with van der Waals surface area (Å²) in [7, 11) is 0. The molecule has 0 aliphatic heterocycles. The Bertz CT molecular complexity index is 763. The second-order valence-electron chi connectivity index (χ2n) is 6.69. The zero-order valence-electron chi connectivity index (χ0n) is 15.8. The first-order valence-corrected chi connectivity index (χ1v) is 9.30. The molecule has 140 valence electrons. The first-order valence-electron chi connectivity index (χ1n) is 9.30.